The molecule has 7 heteroatoms. The molecule has 0 saturated carbocycles. The second-order valence-electron chi connectivity index (χ2n) is 5.31. The van der Waals surface area contributed by atoms with Gasteiger partial charge in [-0.05, 0) is 18.6 Å². The molecule has 1 saturated heterocycles. The predicted octanol–water partition coefficient (Wildman–Crippen LogP) is 1.69. The lowest BCUT2D eigenvalue weighted by atomic mass is 10.1. The lowest BCUT2D eigenvalue weighted by molar-refractivity contribution is -0.127. The average molecular weight is 315 g/mol. The topological polar surface area (TPSA) is 85.5 Å². The Balaban J connectivity index is 1.64. The van der Waals surface area contributed by atoms with Crippen molar-refractivity contribution in [3.05, 3.63) is 35.7 Å². The smallest absolute Gasteiger partial charge is 0.337 e. The summed E-state index contributed by atoms with van der Waals surface area (Å²) in [4.78, 5) is 29.1. The second kappa shape index (κ2) is 6.60. The third kappa shape index (κ3) is 3.39. The minimum atomic E-state index is -0.388. The Labute approximate surface area is 133 Å². The molecule has 1 aromatic heterocycles. The van der Waals surface area contributed by atoms with E-state index in [0.29, 0.717) is 36.7 Å². The highest BCUT2D eigenvalue weighted by Crippen LogP contribution is 2.18. The number of ether oxygens (including phenoxy) is 1. The van der Waals surface area contributed by atoms with Crippen LogP contribution in [0.15, 0.2) is 28.8 Å². The van der Waals surface area contributed by atoms with E-state index in [2.05, 4.69) is 14.9 Å². The Hall–Kier alpha value is -2.70. The third-order valence-corrected chi connectivity index (χ3v) is 3.80. The number of carbonyl (C=O) groups is 2. The number of rotatable bonds is 5. The number of likely N-dealkylation sites (tertiary alicyclic amines) is 1. The van der Waals surface area contributed by atoms with Crippen molar-refractivity contribution in [1.29, 1.82) is 0 Å². The molecule has 1 fully saturated rings. The average Bonchev–Trinajstić information content (AvgIpc) is 3.21. The van der Waals surface area contributed by atoms with Crippen LogP contribution in [0.3, 0.4) is 0 Å². The van der Waals surface area contributed by atoms with Gasteiger partial charge in [0.1, 0.15) is 0 Å². The summed E-state index contributed by atoms with van der Waals surface area (Å²) in [6.45, 7) is 1.40. The molecule has 0 N–H and O–H groups in total. The molecule has 2 aromatic rings. The monoisotopic (exact) mass is 315 g/mol. The van der Waals surface area contributed by atoms with Crippen molar-refractivity contribution in [3.63, 3.8) is 0 Å². The first-order valence-corrected chi connectivity index (χ1v) is 7.46. The summed E-state index contributed by atoms with van der Waals surface area (Å²) in [5.41, 5.74) is 1.22. The van der Waals surface area contributed by atoms with Crippen LogP contribution in [0.1, 0.15) is 29.1 Å². The molecular formula is C16H17N3O4. The van der Waals surface area contributed by atoms with Gasteiger partial charge >= 0.3 is 5.97 Å². The van der Waals surface area contributed by atoms with Gasteiger partial charge in [0.2, 0.25) is 17.6 Å². The zero-order valence-electron chi connectivity index (χ0n) is 12.8. The molecule has 0 aliphatic carbocycles. The maximum atomic E-state index is 11.6. The molecule has 7 nitrogen and oxygen atoms in total. The molecule has 0 atom stereocenters. The van der Waals surface area contributed by atoms with E-state index in [1.165, 1.54) is 7.11 Å². The predicted molar refractivity (Wildman–Crippen MR) is 80.6 cm³/mol. The summed E-state index contributed by atoms with van der Waals surface area (Å²) in [6.07, 6.45) is 2.08. The number of benzene rings is 1. The van der Waals surface area contributed by atoms with Gasteiger partial charge in [0.15, 0.2) is 0 Å². The Kier molecular flexibility index (Phi) is 4.36. The van der Waals surface area contributed by atoms with Gasteiger partial charge < -0.3 is 14.2 Å². The first-order chi connectivity index (χ1) is 11.2. The van der Waals surface area contributed by atoms with E-state index in [4.69, 9.17) is 4.52 Å². The fourth-order valence-electron chi connectivity index (χ4n) is 2.52. The lowest BCUT2D eigenvalue weighted by Gasteiger charge is -2.13. The maximum absolute atomic E-state index is 11.6. The Morgan fingerprint density at radius 1 is 1.35 bits per heavy atom. The van der Waals surface area contributed by atoms with Crippen molar-refractivity contribution < 1.29 is 18.8 Å². The summed E-state index contributed by atoms with van der Waals surface area (Å²) >= 11 is 0. The van der Waals surface area contributed by atoms with Crippen LogP contribution in [-0.4, -0.2) is 47.1 Å². The standard InChI is InChI=1S/C16H17N3O4/c1-22-16(21)12-6-4-11(5-7-12)15-17-13(23-18-15)8-10-19-9-2-3-14(19)20/h4-7H,2-3,8-10H2,1H3. The van der Waals surface area contributed by atoms with Crippen molar-refractivity contribution >= 4 is 11.9 Å². The molecule has 0 spiro atoms. The van der Waals surface area contributed by atoms with Gasteiger partial charge in [-0.2, -0.15) is 4.98 Å². The second-order valence-corrected chi connectivity index (χ2v) is 5.31. The molecule has 1 aromatic carbocycles. The number of methoxy groups -OCH3 is 1. The third-order valence-electron chi connectivity index (χ3n) is 3.80. The quantitative estimate of drug-likeness (QED) is 0.781. The van der Waals surface area contributed by atoms with Crippen molar-refractivity contribution in [2.75, 3.05) is 20.2 Å². The molecule has 1 aliphatic heterocycles. The van der Waals surface area contributed by atoms with Gasteiger partial charge in [-0.15, -0.1) is 0 Å². The van der Waals surface area contributed by atoms with Crippen LogP contribution in [0.5, 0.6) is 0 Å². The van der Waals surface area contributed by atoms with E-state index in [1.54, 1.807) is 24.3 Å². The van der Waals surface area contributed by atoms with E-state index >= 15 is 0 Å². The normalized spacial score (nSPS) is 14.3. The zero-order chi connectivity index (χ0) is 16.2. The molecule has 1 aliphatic rings. The SMILES string of the molecule is COC(=O)c1ccc(-c2noc(CCN3CCCC3=O)n2)cc1. The highest BCUT2D eigenvalue weighted by atomic mass is 16.5. The van der Waals surface area contributed by atoms with E-state index in [0.717, 1.165) is 18.5 Å². The molecule has 0 bridgehead atoms. The molecule has 2 heterocycles. The van der Waals surface area contributed by atoms with Crippen molar-refractivity contribution in [3.8, 4) is 11.4 Å². The van der Waals surface area contributed by atoms with E-state index in [1.807, 2.05) is 4.90 Å². The summed E-state index contributed by atoms with van der Waals surface area (Å²) in [6, 6.07) is 6.79. The summed E-state index contributed by atoms with van der Waals surface area (Å²) in [5, 5.41) is 3.94. The van der Waals surface area contributed by atoms with Crippen molar-refractivity contribution in [2.45, 2.75) is 19.3 Å². The number of aromatic nitrogens is 2. The van der Waals surface area contributed by atoms with Crippen LogP contribution in [0, 0.1) is 0 Å². The van der Waals surface area contributed by atoms with Gasteiger partial charge in [-0.1, -0.05) is 17.3 Å². The van der Waals surface area contributed by atoms with Crippen LogP contribution < -0.4 is 0 Å². The summed E-state index contributed by atoms with van der Waals surface area (Å²) in [5.74, 6) is 0.754. The van der Waals surface area contributed by atoms with Gasteiger partial charge in [0.05, 0.1) is 12.7 Å². The maximum Gasteiger partial charge on any atom is 0.337 e. The summed E-state index contributed by atoms with van der Waals surface area (Å²) in [7, 11) is 1.34. The summed E-state index contributed by atoms with van der Waals surface area (Å²) < 4.78 is 9.88. The molecule has 1 amide bonds. The van der Waals surface area contributed by atoms with Gasteiger partial charge in [-0.3, -0.25) is 4.79 Å². The number of amides is 1. The first-order valence-electron chi connectivity index (χ1n) is 7.46. The van der Waals surface area contributed by atoms with Crippen LogP contribution in [0.4, 0.5) is 0 Å². The van der Waals surface area contributed by atoms with E-state index < -0.39 is 0 Å². The number of nitrogens with zero attached hydrogens (tertiary/aromatic N) is 3. The minimum absolute atomic E-state index is 0.183. The number of hydrogen-bond donors (Lipinski definition) is 0. The van der Waals surface area contributed by atoms with Crippen molar-refractivity contribution in [1.82, 2.24) is 15.0 Å². The highest BCUT2D eigenvalue weighted by molar-refractivity contribution is 5.89. The number of esters is 1. The van der Waals surface area contributed by atoms with E-state index in [-0.39, 0.29) is 11.9 Å². The minimum Gasteiger partial charge on any atom is -0.465 e. The first kappa shape index (κ1) is 15.2. The van der Waals surface area contributed by atoms with Crippen LogP contribution >= 0.6 is 0 Å². The number of hydrogen-bond acceptors (Lipinski definition) is 6. The molecule has 120 valence electrons. The van der Waals surface area contributed by atoms with Crippen LogP contribution in [0.25, 0.3) is 11.4 Å². The van der Waals surface area contributed by atoms with Gasteiger partial charge in [0.25, 0.3) is 0 Å². The fraction of sp³-hybridized carbons (Fsp3) is 0.375. The Morgan fingerprint density at radius 3 is 2.78 bits per heavy atom. The Bertz CT molecular complexity index is 708. The van der Waals surface area contributed by atoms with Gasteiger partial charge in [-0.25, -0.2) is 4.79 Å². The molecule has 23 heavy (non-hydrogen) atoms. The van der Waals surface area contributed by atoms with E-state index in [9.17, 15) is 9.59 Å². The van der Waals surface area contributed by atoms with Crippen LogP contribution in [-0.2, 0) is 16.0 Å². The lowest BCUT2D eigenvalue weighted by Crippen LogP contribution is -2.26. The molecule has 0 radical (unpaired) electrons. The largest absolute Gasteiger partial charge is 0.465 e. The Morgan fingerprint density at radius 2 is 2.13 bits per heavy atom. The van der Waals surface area contributed by atoms with Crippen molar-refractivity contribution in [2.24, 2.45) is 0 Å². The fourth-order valence-corrected chi connectivity index (χ4v) is 2.52. The van der Waals surface area contributed by atoms with Crippen LogP contribution in [0.2, 0.25) is 0 Å². The van der Waals surface area contributed by atoms with Gasteiger partial charge in [0, 0.05) is 31.5 Å². The zero-order valence-corrected chi connectivity index (χ0v) is 12.8. The molecular weight excluding hydrogens is 298 g/mol. The number of carbonyl (C=O) groups excluding carboxylic acids is 2. The highest BCUT2D eigenvalue weighted by Gasteiger charge is 2.20. The molecule has 0 unspecified atom stereocenters. The molecule has 3 rings (SSSR count).